The molecule has 7 heteroatoms. The van der Waals surface area contributed by atoms with Crippen LogP contribution in [0.15, 0.2) is 0 Å². The van der Waals surface area contributed by atoms with Crippen molar-refractivity contribution in [1.29, 1.82) is 0 Å². The molecule has 0 aromatic heterocycles. The van der Waals surface area contributed by atoms with Crippen LogP contribution in [0.1, 0.15) is 13.3 Å². The van der Waals surface area contributed by atoms with Crippen LogP contribution in [0.5, 0.6) is 0 Å². The van der Waals surface area contributed by atoms with Crippen molar-refractivity contribution in [2.45, 2.75) is 13.3 Å². The SMILES string of the molecule is CC(=O)O.O=C(O)CC(=O)C(=O)O. The van der Waals surface area contributed by atoms with Gasteiger partial charge in [-0.05, 0) is 0 Å². The van der Waals surface area contributed by atoms with Crippen LogP contribution in [0.3, 0.4) is 0 Å². The second-order valence-corrected chi connectivity index (χ2v) is 1.82. The van der Waals surface area contributed by atoms with Crippen LogP contribution in [-0.4, -0.2) is 39.0 Å². The van der Waals surface area contributed by atoms with Gasteiger partial charge >= 0.3 is 11.9 Å². The van der Waals surface area contributed by atoms with Crippen LogP contribution in [-0.2, 0) is 19.2 Å². The third kappa shape index (κ3) is 17.8. The zero-order valence-corrected chi connectivity index (χ0v) is 6.68. The Bertz CT molecular complexity index is 225. The molecule has 0 fully saturated rings. The van der Waals surface area contributed by atoms with Gasteiger partial charge in [0.2, 0.25) is 0 Å². The molecule has 0 aromatic rings. The minimum Gasteiger partial charge on any atom is -0.481 e. The van der Waals surface area contributed by atoms with Crippen LogP contribution < -0.4 is 0 Å². The summed E-state index contributed by atoms with van der Waals surface area (Å²) >= 11 is 0. The lowest BCUT2D eigenvalue weighted by Gasteiger charge is -1.85. The first-order valence-electron chi connectivity index (χ1n) is 2.94. The fourth-order valence-corrected chi connectivity index (χ4v) is 0.213. The van der Waals surface area contributed by atoms with Crippen molar-refractivity contribution in [3.63, 3.8) is 0 Å². The summed E-state index contributed by atoms with van der Waals surface area (Å²) in [6, 6.07) is 0. The highest BCUT2D eigenvalue weighted by Gasteiger charge is 2.14. The molecule has 0 aromatic carbocycles. The van der Waals surface area contributed by atoms with Gasteiger partial charge in [0.05, 0.1) is 0 Å². The molecule has 0 aliphatic heterocycles. The lowest BCUT2D eigenvalue weighted by atomic mass is 10.3. The molecule has 0 heterocycles. The maximum absolute atomic E-state index is 9.97. The highest BCUT2D eigenvalue weighted by atomic mass is 16.4. The minimum atomic E-state index is -1.71. The van der Waals surface area contributed by atoms with Gasteiger partial charge in [0.1, 0.15) is 6.42 Å². The molecule has 0 unspecified atom stereocenters. The molecule has 0 amide bonds. The average Bonchev–Trinajstić information content (AvgIpc) is 1.83. The fourth-order valence-electron chi connectivity index (χ4n) is 0.213. The predicted molar refractivity (Wildman–Crippen MR) is 38.2 cm³/mol. The highest BCUT2D eigenvalue weighted by molar-refractivity contribution is 6.35. The monoisotopic (exact) mass is 192 g/mol. The van der Waals surface area contributed by atoms with Crippen molar-refractivity contribution < 1.29 is 34.5 Å². The molecule has 0 saturated carbocycles. The summed E-state index contributed by atoms with van der Waals surface area (Å²) in [5.41, 5.74) is 0. The van der Waals surface area contributed by atoms with Gasteiger partial charge in [0, 0.05) is 6.92 Å². The summed E-state index contributed by atoms with van der Waals surface area (Å²) in [5.74, 6) is -5.28. The number of Topliss-reactive ketones (excluding diaryl/α,β-unsaturated/α-hetero) is 1. The number of carbonyl (C=O) groups is 4. The smallest absolute Gasteiger partial charge is 0.372 e. The molecule has 13 heavy (non-hydrogen) atoms. The molecule has 0 saturated heterocycles. The van der Waals surface area contributed by atoms with Crippen LogP contribution in [0.25, 0.3) is 0 Å². The van der Waals surface area contributed by atoms with Crippen LogP contribution in [0.4, 0.5) is 0 Å². The zero-order valence-electron chi connectivity index (χ0n) is 6.68. The first-order chi connectivity index (χ1) is 5.77. The third-order valence-electron chi connectivity index (χ3n) is 0.550. The quantitative estimate of drug-likeness (QED) is 0.394. The number of rotatable bonds is 3. The van der Waals surface area contributed by atoms with E-state index >= 15 is 0 Å². The van der Waals surface area contributed by atoms with E-state index in [0.29, 0.717) is 0 Å². The molecule has 0 aliphatic carbocycles. The van der Waals surface area contributed by atoms with E-state index in [1.54, 1.807) is 0 Å². The van der Waals surface area contributed by atoms with Gasteiger partial charge in [0.25, 0.3) is 11.8 Å². The largest absolute Gasteiger partial charge is 0.481 e. The van der Waals surface area contributed by atoms with Gasteiger partial charge in [-0.3, -0.25) is 14.4 Å². The van der Waals surface area contributed by atoms with E-state index in [-0.39, 0.29) is 0 Å². The van der Waals surface area contributed by atoms with E-state index in [0.717, 1.165) is 6.92 Å². The molecule has 0 spiro atoms. The predicted octanol–water partition coefficient (Wildman–Crippen LogP) is -0.794. The molecule has 74 valence electrons. The lowest BCUT2D eigenvalue weighted by molar-refractivity contribution is -0.152. The van der Waals surface area contributed by atoms with Gasteiger partial charge in [0.15, 0.2) is 0 Å². The molecular weight excluding hydrogens is 184 g/mol. The number of hydrogen-bond donors (Lipinski definition) is 3. The molecule has 3 N–H and O–H groups in total. The van der Waals surface area contributed by atoms with Crippen molar-refractivity contribution in [2.24, 2.45) is 0 Å². The van der Waals surface area contributed by atoms with Crippen molar-refractivity contribution in [3.8, 4) is 0 Å². The highest BCUT2D eigenvalue weighted by Crippen LogP contribution is 1.81. The topological polar surface area (TPSA) is 129 Å². The van der Waals surface area contributed by atoms with Crippen LogP contribution >= 0.6 is 0 Å². The first kappa shape index (κ1) is 13.7. The maximum atomic E-state index is 9.97. The summed E-state index contributed by atoms with van der Waals surface area (Å²) in [4.78, 5) is 38.2. The summed E-state index contributed by atoms with van der Waals surface area (Å²) < 4.78 is 0. The van der Waals surface area contributed by atoms with Crippen molar-refractivity contribution >= 4 is 23.7 Å². The van der Waals surface area contributed by atoms with Gasteiger partial charge in [-0.15, -0.1) is 0 Å². The number of carboxylic acids is 3. The summed E-state index contributed by atoms with van der Waals surface area (Å²) in [5, 5.41) is 23.1. The van der Waals surface area contributed by atoms with E-state index in [1.165, 1.54) is 0 Å². The second kappa shape index (κ2) is 6.77. The average molecular weight is 192 g/mol. The normalized spacial score (nSPS) is 7.77. The van der Waals surface area contributed by atoms with Crippen molar-refractivity contribution in [2.75, 3.05) is 0 Å². The molecular formula is C6H8O7. The van der Waals surface area contributed by atoms with Crippen LogP contribution in [0, 0.1) is 0 Å². The first-order valence-corrected chi connectivity index (χ1v) is 2.94. The minimum absolute atomic E-state index is 0.833. The Morgan fingerprint density at radius 2 is 1.31 bits per heavy atom. The Morgan fingerprint density at radius 3 is 1.38 bits per heavy atom. The Labute approximate surface area is 72.6 Å². The molecule has 0 atom stereocenters. The number of ketones is 1. The molecule has 0 aliphatic rings. The third-order valence-corrected chi connectivity index (χ3v) is 0.550. The standard InChI is InChI=1S/C4H4O5.C2H4O2/c5-2(4(8)9)1-3(6)7;1-2(3)4/h1H2,(H,6,7)(H,8,9);1H3,(H,3,4). The number of carboxylic acid groups (broad SMARTS) is 3. The Balaban J connectivity index is 0. The summed E-state index contributed by atoms with van der Waals surface area (Å²) in [6.45, 7) is 1.08. The van der Waals surface area contributed by atoms with Gasteiger partial charge in [-0.2, -0.15) is 0 Å². The van der Waals surface area contributed by atoms with E-state index in [1.807, 2.05) is 0 Å². The maximum Gasteiger partial charge on any atom is 0.372 e. The van der Waals surface area contributed by atoms with E-state index < -0.39 is 30.1 Å². The van der Waals surface area contributed by atoms with E-state index in [4.69, 9.17) is 20.1 Å². The zero-order chi connectivity index (χ0) is 11.0. The molecule has 0 bridgehead atoms. The van der Waals surface area contributed by atoms with Crippen molar-refractivity contribution in [1.82, 2.24) is 0 Å². The summed E-state index contributed by atoms with van der Waals surface area (Å²) in [6.07, 6.45) is -0.949. The molecule has 0 rings (SSSR count). The molecule has 7 nitrogen and oxygen atoms in total. The Morgan fingerprint density at radius 1 is 1.00 bits per heavy atom. The van der Waals surface area contributed by atoms with E-state index in [9.17, 15) is 14.4 Å². The Kier molecular flexibility index (Phi) is 7.11. The van der Waals surface area contributed by atoms with Gasteiger partial charge in [-0.1, -0.05) is 0 Å². The van der Waals surface area contributed by atoms with E-state index in [2.05, 4.69) is 0 Å². The second-order valence-electron chi connectivity index (χ2n) is 1.82. The summed E-state index contributed by atoms with van der Waals surface area (Å²) in [7, 11) is 0. The molecule has 0 radical (unpaired) electrons. The number of hydrogen-bond acceptors (Lipinski definition) is 4. The lowest BCUT2D eigenvalue weighted by Crippen LogP contribution is -2.16. The van der Waals surface area contributed by atoms with Gasteiger partial charge in [-0.25, -0.2) is 4.79 Å². The number of aliphatic carboxylic acids is 3. The van der Waals surface area contributed by atoms with Crippen molar-refractivity contribution in [3.05, 3.63) is 0 Å². The number of carbonyl (C=O) groups excluding carboxylic acids is 1. The van der Waals surface area contributed by atoms with Crippen LogP contribution in [0.2, 0.25) is 0 Å². The Hall–Kier alpha value is -1.92. The van der Waals surface area contributed by atoms with Gasteiger partial charge < -0.3 is 15.3 Å². The fraction of sp³-hybridized carbons (Fsp3) is 0.333.